The number of imidazole rings is 1. The maximum Gasteiger partial charge on any atom is 0.330 e. The van der Waals surface area contributed by atoms with Gasteiger partial charge in [-0.1, -0.05) is 48.5 Å². The summed E-state index contributed by atoms with van der Waals surface area (Å²) in [5, 5.41) is 3.25. The Morgan fingerprint density at radius 1 is 1.07 bits per heavy atom. The molecule has 0 aliphatic carbocycles. The van der Waals surface area contributed by atoms with Crippen LogP contribution >= 0.6 is 0 Å². The number of nitrogens with one attached hydrogen (secondary N) is 1. The number of hydrogen-bond donors (Lipinski definition) is 1. The van der Waals surface area contributed by atoms with Gasteiger partial charge in [0.05, 0.1) is 19.9 Å². The normalized spacial score (nSPS) is 11.2. The van der Waals surface area contributed by atoms with Gasteiger partial charge in [-0.2, -0.15) is 4.98 Å². The zero-order chi connectivity index (χ0) is 21.1. The maximum atomic E-state index is 13.2. The Kier molecular flexibility index (Phi) is 5.52. The maximum absolute atomic E-state index is 13.2. The summed E-state index contributed by atoms with van der Waals surface area (Å²) in [7, 11) is 1.63. The van der Waals surface area contributed by atoms with Crippen LogP contribution in [0.4, 0.5) is 5.95 Å². The van der Waals surface area contributed by atoms with Crippen molar-refractivity contribution >= 4 is 17.1 Å². The minimum absolute atomic E-state index is 0.0317. The van der Waals surface area contributed by atoms with Gasteiger partial charge in [-0.05, 0) is 25.5 Å². The van der Waals surface area contributed by atoms with Crippen LogP contribution in [0.2, 0.25) is 0 Å². The Balaban J connectivity index is 1.73. The van der Waals surface area contributed by atoms with Gasteiger partial charge in [0.15, 0.2) is 5.65 Å². The van der Waals surface area contributed by atoms with E-state index in [2.05, 4.69) is 15.3 Å². The highest BCUT2D eigenvalue weighted by Crippen LogP contribution is 2.22. The van der Waals surface area contributed by atoms with Crippen LogP contribution in [-0.2, 0) is 13.1 Å². The molecule has 7 nitrogen and oxygen atoms in total. The molecule has 2 heterocycles. The average molecular weight is 403 g/mol. The lowest BCUT2D eigenvalue weighted by atomic mass is 10.2. The van der Waals surface area contributed by atoms with Gasteiger partial charge in [0.1, 0.15) is 11.3 Å². The third-order valence-electron chi connectivity index (χ3n) is 5.04. The second-order valence-electron chi connectivity index (χ2n) is 7.39. The molecule has 0 saturated carbocycles. The summed E-state index contributed by atoms with van der Waals surface area (Å²) in [5.41, 5.74) is 3.27. The highest BCUT2D eigenvalue weighted by Gasteiger charge is 2.19. The summed E-state index contributed by atoms with van der Waals surface area (Å²) in [5.74, 6) is 1.24. The number of benzene rings is 2. The quantitative estimate of drug-likeness (QED) is 0.507. The summed E-state index contributed by atoms with van der Waals surface area (Å²) >= 11 is 0. The van der Waals surface area contributed by atoms with Crippen LogP contribution < -0.4 is 15.7 Å². The molecule has 0 unspecified atom stereocenters. The molecule has 2 aromatic heterocycles. The summed E-state index contributed by atoms with van der Waals surface area (Å²) in [6, 6.07) is 17.7. The predicted octanol–water partition coefficient (Wildman–Crippen LogP) is 3.84. The standard InChI is InChI=1S/C23H25N5O2/c1-16(2)28-21-19(14-25-22(26-21)24-13-17-9-5-4-6-10-17)27(23(28)29)15-18-11-7-8-12-20(18)30-3/h4-12,14,16H,13,15H2,1-3H3,(H,24,25,26). The van der Waals surface area contributed by atoms with E-state index in [9.17, 15) is 4.79 Å². The number of rotatable bonds is 7. The molecule has 2 aromatic carbocycles. The van der Waals surface area contributed by atoms with Crippen molar-refractivity contribution in [3.63, 3.8) is 0 Å². The molecule has 0 bridgehead atoms. The van der Waals surface area contributed by atoms with Crippen molar-refractivity contribution in [1.82, 2.24) is 19.1 Å². The minimum Gasteiger partial charge on any atom is -0.496 e. The Labute approximate surface area is 175 Å². The summed E-state index contributed by atoms with van der Waals surface area (Å²) < 4.78 is 8.86. The van der Waals surface area contributed by atoms with Crippen LogP contribution in [0, 0.1) is 0 Å². The van der Waals surface area contributed by atoms with Gasteiger partial charge >= 0.3 is 5.69 Å². The second-order valence-corrected chi connectivity index (χ2v) is 7.39. The SMILES string of the molecule is COc1ccccc1Cn1c(=O)n(C(C)C)c2nc(NCc3ccccc3)ncc21. The number of hydrogen-bond acceptors (Lipinski definition) is 5. The second kappa shape index (κ2) is 8.41. The van der Waals surface area contributed by atoms with E-state index < -0.39 is 0 Å². The van der Waals surface area contributed by atoms with Crippen LogP contribution in [0.15, 0.2) is 65.6 Å². The van der Waals surface area contributed by atoms with E-state index in [1.54, 1.807) is 22.4 Å². The number of aromatic nitrogens is 4. The molecular formula is C23H25N5O2. The Morgan fingerprint density at radius 2 is 1.80 bits per heavy atom. The molecule has 4 rings (SSSR count). The molecule has 0 aliphatic heterocycles. The van der Waals surface area contributed by atoms with Crippen LogP contribution in [0.1, 0.15) is 31.0 Å². The van der Waals surface area contributed by atoms with E-state index in [-0.39, 0.29) is 11.7 Å². The smallest absolute Gasteiger partial charge is 0.330 e. The number of fused-ring (bicyclic) bond motifs is 1. The van der Waals surface area contributed by atoms with E-state index >= 15 is 0 Å². The van der Waals surface area contributed by atoms with Crippen molar-refractivity contribution in [1.29, 1.82) is 0 Å². The van der Waals surface area contributed by atoms with E-state index in [0.29, 0.717) is 30.2 Å². The fourth-order valence-corrected chi connectivity index (χ4v) is 3.54. The Bertz CT molecular complexity index is 1210. The predicted molar refractivity (Wildman–Crippen MR) is 118 cm³/mol. The minimum atomic E-state index is -0.111. The van der Waals surface area contributed by atoms with Gasteiger partial charge < -0.3 is 10.1 Å². The average Bonchev–Trinajstić information content (AvgIpc) is 3.04. The highest BCUT2D eigenvalue weighted by atomic mass is 16.5. The summed E-state index contributed by atoms with van der Waals surface area (Å²) in [6.45, 7) is 4.96. The fraction of sp³-hybridized carbons (Fsp3) is 0.261. The van der Waals surface area contributed by atoms with Crippen molar-refractivity contribution in [3.8, 4) is 5.75 Å². The number of nitrogens with zero attached hydrogens (tertiary/aromatic N) is 4. The van der Waals surface area contributed by atoms with E-state index in [0.717, 1.165) is 16.9 Å². The topological polar surface area (TPSA) is 74.0 Å². The lowest BCUT2D eigenvalue weighted by Gasteiger charge is -2.09. The van der Waals surface area contributed by atoms with Crippen LogP contribution in [0.3, 0.4) is 0 Å². The van der Waals surface area contributed by atoms with Crippen LogP contribution in [-0.4, -0.2) is 26.2 Å². The first-order valence-electron chi connectivity index (χ1n) is 9.96. The van der Waals surface area contributed by atoms with Crippen molar-refractivity contribution in [2.24, 2.45) is 0 Å². The molecule has 4 aromatic rings. The number of methoxy groups -OCH3 is 1. The number of para-hydroxylation sites is 1. The lowest BCUT2D eigenvalue weighted by molar-refractivity contribution is 0.408. The summed E-state index contributed by atoms with van der Waals surface area (Å²) in [6.07, 6.45) is 1.71. The van der Waals surface area contributed by atoms with Crippen LogP contribution in [0.5, 0.6) is 5.75 Å². The summed E-state index contributed by atoms with van der Waals surface area (Å²) in [4.78, 5) is 22.3. The van der Waals surface area contributed by atoms with Crippen molar-refractivity contribution < 1.29 is 4.74 Å². The van der Waals surface area contributed by atoms with E-state index in [1.807, 2.05) is 68.4 Å². The molecule has 0 spiro atoms. The van der Waals surface area contributed by atoms with Crippen molar-refractivity contribution in [3.05, 3.63) is 82.4 Å². The molecule has 154 valence electrons. The van der Waals surface area contributed by atoms with E-state index in [4.69, 9.17) is 4.74 Å². The van der Waals surface area contributed by atoms with Crippen LogP contribution in [0.25, 0.3) is 11.2 Å². The number of anilines is 1. The third-order valence-corrected chi connectivity index (χ3v) is 5.04. The fourth-order valence-electron chi connectivity index (χ4n) is 3.54. The molecule has 30 heavy (non-hydrogen) atoms. The molecule has 0 fully saturated rings. The lowest BCUT2D eigenvalue weighted by Crippen LogP contribution is -2.26. The molecule has 0 atom stereocenters. The molecular weight excluding hydrogens is 378 g/mol. The van der Waals surface area contributed by atoms with E-state index in [1.165, 1.54) is 0 Å². The monoisotopic (exact) mass is 403 g/mol. The molecule has 7 heteroatoms. The molecule has 0 radical (unpaired) electrons. The van der Waals surface area contributed by atoms with Crippen molar-refractivity contribution in [2.75, 3.05) is 12.4 Å². The first kappa shape index (κ1) is 19.7. The molecule has 1 N–H and O–H groups in total. The Hall–Kier alpha value is -3.61. The van der Waals surface area contributed by atoms with Gasteiger partial charge in [-0.15, -0.1) is 0 Å². The Morgan fingerprint density at radius 3 is 2.53 bits per heavy atom. The first-order chi connectivity index (χ1) is 14.6. The third kappa shape index (κ3) is 3.78. The van der Waals surface area contributed by atoms with Gasteiger partial charge in [0.2, 0.25) is 5.95 Å². The van der Waals surface area contributed by atoms with Gasteiger partial charge in [-0.3, -0.25) is 9.13 Å². The van der Waals surface area contributed by atoms with Gasteiger partial charge in [0.25, 0.3) is 0 Å². The molecule has 0 saturated heterocycles. The largest absolute Gasteiger partial charge is 0.496 e. The van der Waals surface area contributed by atoms with Gasteiger partial charge in [0, 0.05) is 18.2 Å². The van der Waals surface area contributed by atoms with Gasteiger partial charge in [-0.25, -0.2) is 9.78 Å². The molecule has 0 aliphatic rings. The number of ether oxygens (including phenoxy) is 1. The zero-order valence-corrected chi connectivity index (χ0v) is 17.4. The highest BCUT2D eigenvalue weighted by molar-refractivity contribution is 5.72. The van der Waals surface area contributed by atoms with Crippen molar-refractivity contribution in [2.45, 2.75) is 33.0 Å². The molecule has 0 amide bonds. The first-order valence-corrected chi connectivity index (χ1v) is 9.96. The zero-order valence-electron chi connectivity index (χ0n) is 17.4.